The van der Waals surface area contributed by atoms with Crippen LogP contribution in [0.3, 0.4) is 0 Å². The lowest BCUT2D eigenvalue weighted by Gasteiger charge is -2.01. The molecular formula is C9H12BrN3. The van der Waals surface area contributed by atoms with Crippen molar-refractivity contribution in [1.29, 1.82) is 0 Å². The third-order valence-corrected chi connectivity index (χ3v) is 1.86. The Bertz CT molecular complexity index is 303. The summed E-state index contributed by atoms with van der Waals surface area (Å²) >= 11 is 3.30. The maximum Gasteiger partial charge on any atom is 0.144 e. The van der Waals surface area contributed by atoms with E-state index in [0.29, 0.717) is 5.84 Å². The molecule has 13 heavy (non-hydrogen) atoms. The lowest BCUT2D eigenvalue weighted by molar-refractivity contribution is 0.833. The summed E-state index contributed by atoms with van der Waals surface area (Å²) in [4.78, 5) is 8.32. The zero-order valence-corrected chi connectivity index (χ0v) is 9.25. The summed E-state index contributed by atoms with van der Waals surface area (Å²) in [6.45, 7) is 3.96. The summed E-state index contributed by atoms with van der Waals surface area (Å²) in [5.74, 6) is 0.488. The van der Waals surface area contributed by atoms with Crippen LogP contribution in [0.5, 0.6) is 0 Å². The first-order chi connectivity index (χ1) is 6.09. The van der Waals surface area contributed by atoms with Crippen molar-refractivity contribution < 1.29 is 0 Å². The van der Waals surface area contributed by atoms with E-state index in [9.17, 15) is 0 Å². The highest BCUT2D eigenvalue weighted by Gasteiger charge is 1.99. The molecule has 0 bridgehead atoms. The number of nitrogens with zero attached hydrogens (tertiary/aromatic N) is 2. The molecule has 1 rings (SSSR count). The van der Waals surface area contributed by atoms with Crippen LogP contribution in [-0.2, 0) is 0 Å². The molecule has 1 aromatic heterocycles. The molecule has 0 aromatic carbocycles. The first-order valence-electron chi connectivity index (χ1n) is 4.05. The molecule has 1 aromatic rings. The Morgan fingerprint density at radius 1 is 1.54 bits per heavy atom. The second-order valence-electron chi connectivity index (χ2n) is 2.97. The first kappa shape index (κ1) is 10.2. The summed E-state index contributed by atoms with van der Waals surface area (Å²) in [5.41, 5.74) is 6.44. The summed E-state index contributed by atoms with van der Waals surface area (Å²) < 4.78 is 0.939. The van der Waals surface area contributed by atoms with Crippen LogP contribution in [0.25, 0.3) is 0 Å². The molecule has 0 spiro atoms. The summed E-state index contributed by atoms with van der Waals surface area (Å²) in [6, 6.07) is 3.93. The van der Waals surface area contributed by atoms with Crippen molar-refractivity contribution in [2.24, 2.45) is 10.7 Å². The van der Waals surface area contributed by atoms with Gasteiger partial charge in [-0.3, -0.25) is 9.98 Å². The number of nitrogens with two attached hydrogens (primary N) is 1. The van der Waals surface area contributed by atoms with Crippen molar-refractivity contribution in [2.75, 3.05) is 0 Å². The van der Waals surface area contributed by atoms with E-state index in [1.54, 1.807) is 6.20 Å². The lowest BCUT2D eigenvalue weighted by Crippen LogP contribution is -2.17. The van der Waals surface area contributed by atoms with E-state index in [-0.39, 0.29) is 6.04 Å². The SMILES string of the molecule is CC(C)N=C(N)c1ccc(Br)cn1. The van der Waals surface area contributed by atoms with E-state index in [4.69, 9.17) is 5.73 Å². The number of pyridine rings is 1. The molecule has 0 radical (unpaired) electrons. The Morgan fingerprint density at radius 2 is 2.23 bits per heavy atom. The number of hydrogen-bond donors (Lipinski definition) is 1. The molecule has 0 fully saturated rings. The van der Waals surface area contributed by atoms with Crippen molar-refractivity contribution in [3.63, 3.8) is 0 Å². The van der Waals surface area contributed by atoms with Crippen molar-refractivity contribution in [3.8, 4) is 0 Å². The highest BCUT2D eigenvalue weighted by atomic mass is 79.9. The van der Waals surface area contributed by atoms with Crippen molar-refractivity contribution >= 4 is 21.8 Å². The highest BCUT2D eigenvalue weighted by Crippen LogP contribution is 2.07. The standard InChI is InChI=1S/C9H12BrN3/c1-6(2)13-9(11)8-4-3-7(10)5-12-8/h3-6H,1-2H3,(H2,11,13). The van der Waals surface area contributed by atoms with E-state index in [0.717, 1.165) is 10.2 Å². The van der Waals surface area contributed by atoms with Gasteiger partial charge >= 0.3 is 0 Å². The molecule has 1 heterocycles. The van der Waals surface area contributed by atoms with Gasteiger partial charge in [0.1, 0.15) is 11.5 Å². The van der Waals surface area contributed by atoms with E-state index in [1.807, 2.05) is 26.0 Å². The average molecular weight is 242 g/mol. The fraction of sp³-hybridized carbons (Fsp3) is 0.333. The largest absolute Gasteiger partial charge is 0.382 e. The van der Waals surface area contributed by atoms with Crippen LogP contribution < -0.4 is 5.73 Å². The van der Waals surface area contributed by atoms with Gasteiger partial charge in [0.05, 0.1) is 0 Å². The Balaban J connectivity index is 2.89. The summed E-state index contributed by atoms with van der Waals surface area (Å²) in [7, 11) is 0. The predicted molar refractivity (Wildman–Crippen MR) is 57.8 cm³/mol. The number of halogens is 1. The molecule has 0 unspecified atom stereocenters. The third-order valence-electron chi connectivity index (χ3n) is 1.39. The molecule has 0 aliphatic rings. The predicted octanol–water partition coefficient (Wildman–Crippen LogP) is 1.96. The average Bonchev–Trinajstić information content (AvgIpc) is 2.04. The van der Waals surface area contributed by atoms with Crippen LogP contribution >= 0.6 is 15.9 Å². The van der Waals surface area contributed by atoms with Gasteiger partial charge in [0.2, 0.25) is 0 Å². The van der Waals surface area contributed by atoms with Gasteiger partial charge in [-0.05, 0) is 41.9 Å². The van der Waals surface area contributed by atoms with Gasteiger partial charge in [-0.15, -0.1) is 0 Å². The van der Waals surface area contributed by atoms with Gasteiger partial charge in [-0.1, -0.05) is 0 Å². The topological polar surface area (TPSA) is 51.3 Å². The van der Waals surface area contributed by atoms with E-state index >= 15 is 0 Å². The number of aliphatic imine (C=N–C) groups is 1. The number of hydrogen-bond acceptors (Lipinski definition) is 2. The quantitative estimate of drug-likeness (QED) is 0.636. The van der Waals surface area contributed by atoms with Gasteiger partial charge in [-0.25, -0.2) is 0 Å². The summed E-state index contributed by atoms with van der Waals surface area (Å²) in [5, 5.41) is 0. The fourth-order valence-electron chi connectivity index (χ4n) is 0.872. The molecule has 70 valence electrons. The van der Waals surface area contributed by atoms with Crippen LogP contribution in [0, 0.1) is 0 Å². The van der Waals surface area contributed by atoms with E-state index in [2.05, 4.69) is 25.9 Å². The monoisotopic (exact) mass is 241 g/mol. The van der Waals surface area contributed by atoms with Crippen LogP contribution in [0.15, 0.2) is 27.8 Å². The fourth-order valence-corrected chi connectivity index (χ4v) is 1.11. The lowest BCUT2D eigenvalue weighted by atomic mass is 10.3. The normalized spacial score (nSPS) is 12.2. The smallest absolute Gasteiger partial charge is 0.144 e. The van der Waals surface area contributed by atoms with Crippen LogP contribution in [0.2, 0.25) is 0 Å². The highest BCUT2D eigenvalue weighted by molar-refractivity contribution is 9.10. The Labute approximate surface area is 86.2 Å². The van der Waals surface area contributed by atoms with E-state index in [1.165, 1.54) is 0 Å². The zero-order valence-electron chi connectivity index (χ0n) is 7.66. The second kappa shape index (κ2) is 4.37. The van der Waals surface area contributed by atoms with Crippen LogP contribution in [0.4, 0.5) is 0 Å². The molecule has 0 amide bonds. The summed E-state index contributed by atoms with van der Waals surface area (Å²) in [6.07, 6.45) is 1.71. The number of aromatic nitrogens is 1. The maximum atomic E-state index is 5.72. The van der Waals surface area contributed by atoms with Gasteiger partial charge in [0, 0.05) is 16.7 Å². The van der Waals surface area contributed by atoms with Crippen molar-refractivity contribution in [3.05, 3.63) is 28.5 Å². The van der Waals surface area contributed by atoms with Gasteiger partial charge in [0.15, 0.2) is 0 Å². The van der Waals surface area contributed by atoms with Crippen molar-refractivity contribution in [2.45, 2.75) is 19.9 Å². The molecule has 4 heteroatoms. The zero-order chi connectivity index (χ0) is 9.84. The molecule has 0 saturated carbocycles. The molecule has 0 aliphatic carbocycles. The van der Waals surface area contributed by atoms with Gasteiger partial charge in [0.25, 0.3) is 0 Å². The molecule has 0 atom stereocenters. The third kappa shape index (κ3) is 3.14. The number of amidine groups is 1. The molecule has 3 nitrogen and oxygen atoms in total. The van der Waals surface area contributed by atoms with Gasteiger partial charge in [-0.2, -0.15) is 0 Å². The first-order valence-corrected chi connectivity index (χ1v) is 4.84. The van der Waals surface area contributed by atoms with Crippen LogP contribution in [-0.4, -0.2) is 16.9 Å². The van der Waals surface area contributed by atoms with Gasteiger partial charge < -0.3 is 5.73 Å². The van der Waals surface area contributed by atoms with E-state index < -0.39 is 0 Å². The maximum absolute atomic E-state index is 5.72. The molecule has 0 saturated heterocycles. The Hall–Kier alpha value is -0.900. The molecule has 0 aliphatic heterocycles. The van der Waals surface area contributed by atoms with Crippen molar-refractivity contribution in [1.82, 2.24) is 4.98 Å². The Morgan fingerprint density at radius 3 is 2.69 bits per heavy atom. The van der Waals surface area contributed by atoms with Crippen LogP contribution in [0.1, 0.15) is 19.5 Å². The molecular weight excluding hydrogens is 230 g/mol. The number of rotatable bonds is 2. The minimum absolute atomic E-state index is 0.199. The second-order valence-corrected chi connectivity index (χ2v) is 3.89. The molecule has 2 N–H and O–H groups in total. The minimum atomic E-state index is 0.199. The minimum Gasteiger partial charge on any atom is -0.382 e. The Kier molecular flexibility index (Phi) is 3.42.